The SMILES string of the molecule is COC(=O)c1csc(N(CC2CCOC(C)(C)O2)C(=O)OC(C)(C)C)n1. The van der Waals surface area contributed by atoms with Crippen molar-refractivity contribution in [3.05, 3.63) is 11.1 Å². The Morgan fingerprint density at radius 3 is 2.69 bits per heavy atom. The van der Waals surface area contributed by atoms with Crippen molar-refractivity contribution in [2.75, 3.05) is 25.2 Å². The first-order valence-electron chi connectivity index (χ1n) is 8.37. The molecule has 0 bridgehead atoms. The number of ether oxygens (including phenoxy) is 4. The molecule has 146 valence electrons. The molecular weight excluding hydrogens is 360 g/mol. The Balaban J connectivity index is 2.22. The Hall–Kier alpha value is -1.71. The number of carbonyl (C=O) groups is 2. The van der Waals surface area contributed by atoms with E-state index in [1.807, 2.05) is 13.8 Å². The summed E-state index contributed by atoms with van der Waals surface area (Å²) >= 11 is 1.17. The van der Waals surface area contributed by atoms with E-state index in [1.54, 1.807) is 26.2 Å². The number of methoxy groups -OCH3 is 1. The van der Waals surface area contributed by atoms with Gasteiger partial charge in [0.15, 0.2) is 16.6 Å². The highest BCUT2D eigenvalue weighted by atomic mass is 32.1. The van der Waals surface area contributed by atoms with Gasteiger partial charge in [0.2, 0.25) is 0 Å². The zero-order valence-electron chi connectivity index (χ0n) is 16.0. The number of anilines is 1. The van der Waals surface area contributed by atoms with Gasteiger partial charge in [-0.2, -0.15) is 0 Å². The summed E-state index contributed by atoms with van der Waals surface area (Å²) in [7, 11) is 1.28. The number of rotatable bonds is 4. The van der Waals surface area contributed by atoms with Gasteiger partial charge in [0.25, 0.3) is 0 Å². The van der Waals surface area contributed by atoms with Gasteiger partial charge in [-0.15, -0.1) is 11.3 Å². The third kappa shape index (κ3) is 5.65. The summed E-state index contributed by atoms with van der Waals surface area (Å²) in [6, 6.07) is 0. The van der Waals surface area contributed by atoms with Crippen LogP contribution in [0.25, 0.3) is 0 Å². The highest BCUT2D eigenvalue weighted by Gasteiger charge is 2.34. The Morgan fingerprint density at radius 1 is 1.42 bits per heavy atom. The molecule has 1 amide bonds. The van der Waals surface area contributed by atoms with Gasteiger partial charge in [-0.05, 0) is 41.0 Å². The average Bonchev–Trinajstić information content (AvgIpc) is 2.98. The smallest absolute Gasteiger partial charge is 0.416 e. The lowest BCUT2D eigenvalue weighted by atomic mass is 10.2. The summed E-state index contributed by atoms with van der Waals surface area (Å²) in [6.07, 6.45) is -0.147. The zero-order chi connectivity index (χ0) is 19.5. The van der Waals surface area contributed by atoms with Crippen molar-refractivity contribution >= 4 is 28.5 Å². The first-order chi connectivity index (χ1) is 12.0. The van der Waals surface area contributed by atoms with E-state index < -0.39 is 23.5 Å². The molecule has 1 aromatic heterocycles. The molecule has 1 aliphatic heterocycles. The lowest BCUT2D eigenvalue weighted by molar-refractivity contribution is -0.270. The van der Waals surface area contributed by atoms with Crippen LogP contribution in [0.1, 0.15) is 51.5 Å². The standard InChI is InChI=1S/C17H26N2O6S/c1-16(2,3)25-15(21)19(9-11-7-8-23-17(4,5)24-11)14-18-12(10-26-14)13(20)22-6/h10-11H,7-9H2,1-6H3. The van der Waals surface area contributed by atoms with Crippen molar-refractivity contribution in [3.8, 4) is 0 Å². The van der Waals surface area contributed by atoms with Gasteiger partial charge < -0.3 is 18.9 Å². The molecule has 26 heavy (non-hydrogen) atoms. The molecule has 1 aliphatic rings. The van der Waals surface area contributed by atoms with Gasteiger partial charge in [-0.25, -0.2) is 14.6 Å². The predicted octanol–water partition coefficient (Wildman–Crippen LogP) is 3.21. The maximum Gasteiger partial charge on any atom is 0.416 e. The summed E-state index contributed by atoms with van der Waals surface area (Å²) < 4.78 is 21.6. The van der Waals surface area contributed by atoms with Gasteiger partial charge in [0.1, 0.15) is 5.60 Å². The van der Waals surface area contributed by atoms with Gasteiger partial charge in [-0.1, -0.05) is 0 Å². The molecule has 1 aromatic rings. The quantitative estimate of drug-likeness (QED) is 0.734. The molecule has 8 nitrogen and oxygen atoms in total. The summed E-state index contributed by atoms with van der Waals surface area (Å²) in [5, 5.41) is 1.90. The first kappa shape index (κ1) is 20.6. The molecule has 0 spiro atoms. The van der Waals surface area contributed by atoms with Gasteiger partial charge in [0, 0.05) is 5.38 Å². The van der Waals surface area contributed by atoms with Gasteiger partial charge in [0.05, 0.1) is 26.4 Å². The van der Waals surface area contributed by atoms with Crippen LogP contribution >= 0.6 is 11.3 Å². The van der Waals surface area contributed by atoms with Crippen LogP contribution in [0.15, 0.2) is 5.38 Å². The molecule has 1 fully saturated rings. The number of hydrogen-bond donors (Lipinski definition) is 0. The number of aromatic nitrogens is 1. The molecule has 9 heteroatoms. The molecule has 2 rings (SSSR count). The number of nitrogens with zero attached hydrogens (tertiary/aromatic N) is 2. The maximum absolute atomic E-state index is 12.7. The fourth-order valence-corrected chi connectivity index (χ4v) is 3.19. The molecule has 1 unspecified atom stereocenters. The second kappa shape index (κ2) is 7.89. The van der Waals surface area contributed by atoms with Crippen LogP contribution in [0.5, 0.6) is 0 Å². The lowest BCUT2D eigenvalue weighted by Gasteiger charge is -2.37. The minimum absolute atomic E-state index is 0.147. The van der Waals surface area contributed by atoms with Crippen LogP contribution in [0, 0.1) is 0 Å². The molecule has 2 heterocycles. The van der Waals surface area contributed by atoms with Crippen LogP contribution in [-0.4, -0.2) is 54.8 Å². The topological polar surface area (TPSA) is 87.2 Å². The van der Waals surface area contributed by atoms with E-state index in [1.165, 1.54) is 23.3 Å². The van der Waals surface area contributed by atoms with Crippen molar-refractivity contribution in [2.24, 2.45) is 0 Å². The Bertz CT molecular complexity index is 652. The average molecular weight is 386 g/mol. The van der Waals surface area contributed by atoms with E-state index in [-0.39, 0.29) is 18.3 Å². The Labute approximate surface area is 157 Å². The van der Waals surface area contributed by atoms with Crippen LogP contribution in [0.3, 0.4) is 0 Å². The third-order valence-electron chi connectivity index (χ3n) is 3.46. The van der Waals surface area contributed by atoms with E-state index >= 15 is 0 Å². The maximum atomic E-state index is 12.7. The molecule has 1 atom stereocenters. The normalized spacial score (nSPS) is 19.7. The summed E-state index contributed by atoms with van der Waals surface area (Å²) in [6.45, 7) is 9.81. The molecule has 1 saturated heterocycles. The summed E-state index contributed by atoms with van der Waals surface area (Å²) in [5.41, 5.74) is -0.512. The van der Waals surface area contributed by atoms with Crippen LogP contribution in [0.2, 0.25) is 0 Å². The number of thiazole rings is 1. The van der Waals surface area contributed by atoms with Crippen LogP contribution in [-0.2, 0) is 18.9 Å². The monoisotopic (exact) mass is 386 g/mol. The van der Waals surface area contributed by atoms with E-state index in [4.69, 9.17) is 14.2 Å². The molecular formula is C17H26N2O6S. The molecule has 0 saturated carbocycles. The van der Waals surface area contributed by atoms with E-state index in [0.717, 1.165) is 0 Å². The second-order valence-electron chi connectivity index (χ2n) is 7.37. The number of esters is 1. The minimum Gasteiger partial charge on any atom is -0.464 e. The summed E-state index contributed by atoms with van der Waals surface area (Å²) in [4.78, 5) is 30.0. The molecule has 0 aromatic carbocycles. The van der Waals surface area contributed by atoms with Crippen molar-refractivity contribution in [1.82, 2.24) is 4.98 Å². The largest absolute Gasteiger partial charge is 0.464 e. The van der Waals surface area contributed by atoms with Crippen molar-refractivity contribution < 1.29 is 28.5 Å². The van der Waals surface area contributed by atoms with Crippen LogP contribution in [0.4, 0.5) is 9.93 Å². The third-order valence-corrected chi connectivity index (χ3v) is 4.32. The van der Waals surface area contributed by atoms with E-state index in [2.05, 4.69) is 9.72 Å². The van der Waals surface area contributed by atoms with Crippen molar-refractivity contribution in [2.45, 2.75) is 58.5 Å². The fraction of sp³-hybridized carbons (Fsp3) is 0.706. The number of hydrogen-bond acceptors (Lipinski definition) is 8. The highest BCUT2D eigenvalue weighted by molar-refractivity contribution is 7.14. The fourth-order valence-electron chi connectivity index (χ4n) is 2.40. The highest BCUT2D eigenvalue weighted by Crippen LogP contribution is 2.27. The lowest BCUT2D eigenvalue weighted by Crippen LogP contribution is -2.47. The molecule has 0 radical (unpaired) electrons. The summed E-state index contributed by atoms with van der Waals surface area (Å²) in [5.74, 6) is -1.28. The minimum atomic E-state index is -0.720. The second-order valence-corrected chi connectivity index (χ2v) is 8.21. The van der Waals surface area contributed by atoms with Crippen LogP contribution < -0.4 is 4.90 Å². The Kier molecular flexibility index (Phi) is 6.25. The molecule has 0 N–H and O–H groups in total. The van der Waals surface area contributed by atoms with Crippen molar-refractivity contribution in [3.63, 3.8) is 0 Å². The van der Waals surface area contributed by atoms with Gasteiger partial charge in [-0.3, -0.25) is 4.90 Å². The zero-order valence-corrected chi connectivity index (χ0v) is 16.8. The van der Waals surface area contributed by atoms with E-state index in [9.17, 15) is 9.59 Å². The van der Waals surface area contributed by atoms with Crippen molar-refractivity contribution in [1.29, 1.82) is 0 Å². The van der Waals surface area contributed by atoms with E-state index in [0.29, 0.717) is 18.2 Å². The van der Waals surface area contributed by atoms with Gasteiger partial charge >= 0.3 is 12.1 Å². The number of amides is 1. The molecule has 0 aliphatic carbocycles. The Morgan fingerprint density at radius 2 is 2.12 bits per heavy atom. The predicted molar refractivity (Wildman–Crippen MR) is 96.6 cm³/mol. The first-order valence-corrected chi connectivity index (χ1v) is 9.25. The number of carbonyl (C=O) groups excluding carboxylic acids is 2.